The lowest BCUT2D eigenvalue weighted by Gasteiger charge is -2.12. The van der Waals surface area contributed by atoms with E-state index in [9.17, 15) is 13.2 Å². The third-order valence-electron chi connectivity index (χ3n) is 1.79. The second kappa shape index (κ2) is 5.27. The second-order valence-electron chi connectivity index (χ2n) is 3.12. The van der Waals surface area contributed by atoms with Crippen LogP contribution in [-0.2, 0) is 0 Å². The van der Waals surface area contributed by atoms with Gasteiger partial charge in [0.25, 0.3) is 0 Å². The van der Waals surface area contributed by atoms with Gasteiger partial charge >= 0.3 is 6.18 Å². The van der Waals surface area contributed by atoms with Crippen LogP contribution in [0.5, 0.6) is 0 Å². The average molecular weight is 196 g/mol. The Morgan fingerprint density at radius 1 is 1.46 bits per heavy atom. The molecule has 0 aromatic heterocycles. The standard InChI is InChI=1S/C9H15F3O/c1-3-7(2)6-8(13)4-5-9(10,11)12/h8,13H,2-6H2,1H3. The van der Waals surface area contributed by atoms with Crippen molar-refractivity contribution >= 4 is 0 Å². The minimum atomic E-state index is -4.17. The van der Waals surface area contributed by atoms with E-state index in [2.05, 4.69) is 6.58 Å². The highest BCUT2D eigenvalue weighted by atomic mass is 19.4. The summed E-state index contributed by atoms with van der Waals surface area (Å²) in [4.78, 5) is 0. The van der Waals surface area contributed by atoms with Crippen LogP contribution in [0.15, 0.2) is 12.2 Å². The van der Waals surface area contributed by atoms with E-state index in [0.717, 1.165) is 5.57 Å². The Labute approximate surface area is 76.3 Å². The van der Waals surface area contributed by atoms with Crippen molar-refractivity contribution in [2.45, 2.75) is 44.9 Å². The van der Waals surface area contributed by atoms with Gasteiger partial charge in [0.2, 0.25) is 0 Å². The van der Waals surface area contributed by atoms with Gasteiger partial charge in [0.1, 0.15) is 0 Å². The molecule has 0 heterocycles. The number of halogens is 3. The molecule has 0 spiro atoms. The fourth-order valence-electron chi connectivity index (χ4n) is 0.910. The van der Waals surface area contributed by atoms with Gasteiger partial charge in [0.15, 0.2) is 0 Å². The molecule has 0 rings (SSSR count). The summed E-state index contributed by atoms with van der Waals surface area (Å²) in [5, 5.41) is 9.15. The van der Waals surface area contributed by atoms with E-state index in [4.69, 9.17) is 5.11 Å². The molecule has 0 aromatic carbocycles. The van der Waals surface area contributed by atoms with Gasteiger partial charge in [0, 0.05) is 6.42 Å². The van der Waals surface area contributed by atoms with E-state index < -0.39 is 18.7 Å². The summed E-state index contributed by atoms with van der Waals surface area (Å²) in [5.74, 6) is 0. The van der Waals surface area contributed by atoms with Crippen molar-refractivity contribution in [1.29, 1.82) is 0 Å². The molecule has 0 aliphatic rings. The summed E-state index contributed by atoms with van der Waals surface area (Å²) in [6.07, 6.45) is -5.27. The van der Waals surface area contributed by atoms with Crippen LogP contribution in [-0.4, -0.2) is 17.4 Å². The largest absolute Gasteiger partial charge is 0.393 e. The Hall–Kier alpha value is -0.510. The van der Waals surface area contributed by atoms with E-state index in [1.54, 1.807) is 0 Å². The zero-order chi connectivity index (χ0) is 10.5. The van der Waals surface area contributed by atoms with Crippen molar-refractivity contribution in [2.24, 2.45) is 0 Å². The molecular weight excluding hydrogens is 181 g/mol. The zero-order valence-electron chi connectivity index (χ0n) is 7.69. The highest BCUT2D eigenvalue weighted by Gasteiger charge is 2.27. The number of aliphatic hydroxyl groups excluding tert-OH is 1. The quantitative estimate of drug-likeness (QED) is 0.670. The minimum absolute atomic E-state index is 0.234. The first-order chi connectivity index (χ1) is 5.85. The van der Waals surface area contributed by atoms with Crippen LogP contribution < -0.4 is 0 Å². The summed E-state index contributed by atoms with van der Waals surface area (Å²) in [6.45, 7) is 5.48. The van der Waals surface area contributed by atoms with E-state index in [1.165, 1.54) is 0 Å². The topological polar surface area (TPSA) is 20.2 Å². The predicted octanol–water partition coefficient (Wildman–Crippen LogP) is 3.05. The summed E-state index contributed by atoms with van der Waals surface area (Å²) in [6, 6.07) is 0. The van der Waals surface area contributed by atoms with Crippen LogP contribution in [0.4, 0.5) is 13.2 Å². The van der Waals surface area contributed by atoms with E-state index in [-0.39, 0.29) is 12.8 Å². The molecule has 1 N–H and O–H groups in total. The first kappa shape index (κ1) is 12.5. The Bertz CT molecular complexity index is 163. The molecule has 1 nitrogen and oxygen atoms in total. The first-order valence-corrected chi connectivity index (χ1v) is 4.26. The second-order valence-corrected chi connectivity index (χ2v) is 3.12. The van der Waals surface area contributed by atoms with Crippen molar-refractivity contribution in [3.8, 4) is 0 Å². The van der Waals surface area contributed by atoms with Crippen molar-refractivity contribution in [1.82, 2.24) is 0 Å². The predicted molar refractivity (Wildman–Crippen MR) is 45.3 cm³/mol. The Morgan fingerprint density at radius 3 is 2.38 bits per heavy atom. The summed E-state index contributed by atoms with van der Waals surface area (Å²) < 4.78 is 35.1. The average Bonchev–Trinajstić information content (AvgIpc) is 1.99. The highest BCUT2D eigenvalue weighted by molar-refractivity contribution is 4.94. The maximum Gasteiger partial charge on any atom is 0.389 e. The molecule has 0 saturated heterocycles. The van der Waals surface area contributed by atoms with Crippen LogP contribution in [0.25, 0.3) is 0 Å². The molecule has 0 aliphatic carbocycles. The zero-order valence-corrected chi connectivity index (χ0v) is 7.69. The molecule has 1 atom stereocenters. The van der Waals surface area contributed by atoms with Gasteiger partial charge in [-0.15, -0.1) is 0 Å². The number of alkyl halides is 3. The van der Waals surface area contributed by atoms with Crippen molar-refractivity contribution in [2.75, 3.05) is 0 Å². The fourth-order valence-corrected chi connectivity index (χ4v) is 0.910. The van der Waals surface area contributed by atoms with Crippen LogP contribution in [0, 0.1) is 0 Å². The normalized spacial score (nSPS) is 14.2. The molecule has 4 heteroatoms. The van der Waals surface area contributed by atoms with Gasteiger partial charge in [-0.2, -0.15) is 13.2 Å². The highest BCUT2D eigenvalue weighted by Crippen LogP contribution is 2.23. The molecule has 78 valence electrons. The van der Waals surface area contributed by atoms with Crippen LogP contribution >= 0.6 is 0 Å². The Morgan fingerprint density at radius 2 is 2.00 bits per heavy atom. The van der Waals surface area contributed by atoms with Crippen LogP contribution in [0.3, 0.4) is 0 Å². The fraction of sp³-hybridized carbons (Fsp3) is 0.778. The molecule has 0 radical (unpaired) electrons. The number of hydrogen-bond donors (Lipinski definition) is 1. The lowest BCUT2D eigenvalue weighted by molar-refractivity contribution is -0.139. The van der Waals surface area contributed by atoms with E-state index in [0.29, 0.717) is 6.42 Å². The summed E-state index contributed by atoms with van der Waals surface area (Å²) in [5.41, 5.74) is 0.787. The number of rotatable bonds is 5. The smallest absolute Gasteiger partial charge is 0.389 e. The molecular formula is C9H15F3O. The molecule has 0 saturated carbocycles. The van der Waals surface area contributed by atoms with Gasteiger partial charge in [-0.25, -0.2) is 0 Å². The van der Waals surface area contributed by atoms with Crippen molar-refractivity contribution in [3.63, 3.8) is 0 Å². The lowest BCUT2D eigenvalue weighted by atomic mass is 10.0. The third kappa shape index (κ3) is 7.84. The van der Waals surface area contributed by atoms with Gasteiger partial charge in [-0.1, -0.05) is 19.1 Å². The molecule has 0 fully saturated rings. The molecule has 0 aliphatic heterocycles. The third-order valence-corrected chi connectivity index (χ3v) is 1.79. The van der Waals surface area contributed by atoms with Crippen LogP contribution in [0.2, 0.25) is 0 Å². The first-order valence-electron chi connectivity index (χ1n) is 4.26. The summed E-state index contributed by atoms with van der Waals surface area (Å²) in [7, 11) is 0. The van der Waals surface area contributed by atoms with E-state index in [1.807, 2.05) is 6.92 Å². The van der Waals surface area contributed by atoms with Gasteiger partial charge in [-0.3, -0.25) is 0 Å². The molecule has 0 amide bonds. The van der Waals surface area contributed by atoms with Crippen molar-refractivity contribution in [3.05, 3.63) is 12.2 Å². The lowest BCUT2D eigenvalue weighted by Crippen LogP contribution is -2.14. The van der Waals surface area contributed by atoms with E-state index >= 15 is 0 Å². The SMILES string of the molecule is C=C(CC)CC(O)CCC(F)(F)F. The van der Waals surface area contributed by atoms with Gasteiger partial charge < -0.3 is 5.11 Å². The number of hydrogen-bond acceptors (Lipinski definition) is 1. The Kier molecular flexibility index (Phi) is 5.06. The summed E-state index contributed by atoms with van der Waals surface area (Å²) >= 11 is 0. The van der Waals surface area contributed by atoms with Gasteiger partial charge in [0.05, 0.1) is 6.10 Å². The minimum Gasteiger partial charge on any atom is -0.393 e. The van der Waals surface area contributed by atoms with Gasteiger partial charge in [-0.05, 0) is 19.3 Å². The van der Waals surface area contributed by atoms with Crippen LogP contribution in [0.1, 0.15) is 32.6 Å². The number of aliphatic hydroxyl groups is 1. The maximum absolute atomic E-state index is 11.7. The monoisotopic (exact) mass is 196 g/mol. The molecule has 1 unspecified atom stereocenters. The molecule has 13 heavy (non-hydrogen) atoms. The molecule has 0 aromatic rings. The Balaban J connectivity index is 3.63. The maximum atomic E-state index is 11.7. The molecule has 0 bridgehead atoms. The van der Waals surface area contributed by atoms with Crippen molar-refractivity contribution < 1.29 is 18.3 Å².